The molecule has 2 atom stereocenters. The number of fused-ring (bicyclic) bond motifs is 4. The van der Waals surface area contributed by atoms with Crippen LogP contribution in [0.3, 0.4) is 0 Å². The molecule has 4 aromatic rings. The van der Waals surface area contributed by atoms with Crippen molar-refractivity contribution >= 4 is 23.1 Å². The van der Waals surface area contributed by atoms with Crippen LogP contribution in [0.5, 0.6) is 0 Å². The summed E-state index contributed by atoms with van der Waals surface area (Å²) in [6.07, 6.45) is 7.74. The molecule has 0 aliphatic carbocycles. The van der Waals surface area contributed by atoms with Crippen molar-refractivity contribution in [2.45, 2.75) is 64.6 Å². The third kappa shape index (κ3) is 4.35. The molecule has 2 aliphatic rings. The molecule has 2 aliphatic heterocycles. The number of aryl methyl sites for hydroxylation is 1. The number of hydrogen-bond acceptors (Lipinski definition) is 7. The van der Waals surface area contributed by atoms with Crippen LogP contribution in [-0.2, 0) is 4.74 Å². The Morgan fingerprint density at radius 1 is 1.05 bits per heavy atom. The molecular formula is C27H30FN7O3. The van der Waals surface area contributed by atoms with Crippen LogP contribution in [0.15, 0.2) is 41.6 Å². The second kappa shape index (κ2) is 8.78. The Kier molecular flexibility index (Phi) is 5.62. The molecule has 0 aromatic carbocycles. The second-order valence-electron chi connectivity index (χ2n) is 11.2. The first-order valence-corrected chi connectivity index (χ1v) is 12.9. The number of piperidine rings is 1. The summed E-state index contributed by atoms with van der Waals surface area (Å²) in [5.41, 5.74) is 1.52. The minimum absolute atomic E-state index is 0.0417. The summed E-state index contributed by atoms with van der Waals surface area (Å²) in [5.74, 6) is -0.360. The minimum atomic E-state index is -0.546. The van der Waals surface area contributed by atoms with Gasteiger partial charge < -0.3 is 14.0 Å². The molecule has 2 saturated heterocycles. The number of aromatic nitrogens is 5. The van der Waals surface area contributed by atoms with E-state index in [4.69, 9.17) is 4.74 Å². The van der Waals surface area contributed by atoms with Crippen molar-refractivity contribution in [1.82, 2.24) is 28.7 Å². The lowest BCUT2D eigenvalue weighted by Crippen LogP contribution is -2.63. The molecule has 6 heterocycles. The average molecular weight is 520 g/mol. The third-order valence-electron chi connectivity index (χ3n) is 7.12. The fourth-order valence-electron chi connectivity index (χ4n) is 5.55. The fraction of sp³-hybridized carbons (Fsp3) is 0.444. The van der Waals surface area contributed by atoms with Crippen molar-refractivity contribution in [3.63, 3.8) is 0 Å². The Morgan fingerprint density at radius 2 is 1.79 bits per heavy atom. The minimum Gasteiger partial charge on any atom is -0.444 e. The van der Waals surface area contributed by atoms with Gasteiger partial charge in [-0.15, -0.1) is 0 Å². The molecule has 0 saturated carbocycles. The molecule has 0 N–H and O–H groups in total. The number of piperazine rings is 1. The third-order valence-corrected chi connectivity index (χ3v) is 7.12. The van der Waals surface area contributed by atoms with Crippen molar-refractivity contribution in [3.05, 3.63) is 58.8 Å². The van der Waals surface area contributed by atoms with Gasteiger partial charge in [0.2, 0.25) is 0 Å². The summed E-state index contributed by atoms with van der Waals surface area (Å²) < 4.78 is 23.3. The van der Waals surface area contributed by atoms with Gasteiger partial charge >= 0.3 is 11.8 Å². The summed E-state index contributed by atoms with van der Waals surface area (Å²) in [6.45, 7) is 8.73. The lowest BCUT2D eigenvalue weighted by atomic mass is 9.91. The van der Waals surface area contributed by atoms with Crippen LogP contribution in [0.25, 0.3) is 22.7 Å². The number of hydrogen-bond donors (Lipinski definition) is 0. The Bertz CT molecular complexity index is 1610. The van der Waals surface area contributed by atoms with E-state index in [2.05, 4.69) is 19.9 Å². The number of amides is 1. The van der Waals surface area contributed by atoms with Gasteiger partial charge in [0, 0.05) is 37.2 Å². The molecule has 10 nitrogen and oxygen atoms in total. The molecule has 198 valence electrons. The highest BCUT2D eigenvalue weighted by atomic mass is 19.1. The average Bonchev–Trinajstić information content (AvgIpc) is 3.22. The van der Waals surface area contributed by atoms with E-state index in [1.165, 1.54) is 10.5 Å². The lowest BCUT2D eigenvalue weighted by Gasteiger charge is -2.50. The predicted octanol–water partition coefficient (Wildman–Crippen LogP) is 3.83. The zero-order valence-electron chi connectivity index (χ0n) is 21.9. The standard InChI is InChI=1S/C27H30FN7O3/c1-16-11-33-12-17(10-21(28)24(33)29-16)23-30-22-9-8-18(15-34(22)25(36)31-23)32-13-19-6-5-7-20(14-32)35(19)26(37)38-27(2,3)4/h8-12,15,19-20H,5-7,13-14H2,1-4H3. The maximum absolute atomic E-state index is 14.6. The van der Waals surface area contributed by atoms with Crippen LogP contribution in [0, 0.1) is 12.7 Å². The molecule has 2 unspecified atom stereocenters. The van der Waals surface area contributed by atoms with E-state index in [0.717, 1.165) is 24.9 Å². The number of pyridine rings is 2. The molecule has 4 aromatic heterocycles. The second-order valence-corrected chi connectivity index (χ2v) is 11.2. The monoisotopic (exact) mass is 519 g/mol. The summed E-state index contributed by atoms with van der Waals surface area (Å²) >= 11 is 0. The Morgan fingerprint density at radius 3 is 2.50 bits per heavy atom. The van der Waals surface area contributed by atoms with E-state index in [9.17, 15) is 14.0 Å². The van der Waals surface area contributed by atoms with Crippen molar-refractivity contribution in [2.75, 3.05) is 18.0 Å². The fourth-order valence-corrected chi connectivity index (χ4v) is 5.55. The predicted molar refractivity (Wildman–Crippen MR) is 140 cm³/mol. The largest absolute Gasteiger partial charge is 0.444 e. The van der Waals surface area contributed by atoms with Gasteiger partial charge in [-0.25, -0.2) is 28.3 Å². The van der Waals surface area contributed by atoms with Crippen LogP contribution in [0.2, 0.25) is 0 Å². The maximum Gasteiger partial charge on any atom is 0.410 e. The van der Waals surface area contributed by atoms with Gasteiger partial charge in [0.1, 0.15) is 11.2 Å². The zero-order chi connectivity index (χ0) is 26.8. The number of carbonyl (C=O) groups is 1. The highest BCUT2D eigenvalue weighted by Gasteiger charge is 2.42. The Hall–Kier alpha value is -4.02. The van der Waals surface area contributed by atoms with Crippen LogP contribution < -0.4 is 10.6 Å². The highest BCUT2D eigenvalue weighted by molar-refractivity contribution is 5.70. The number of halogens is 1. The first kappa shape index (κ1) is 24.3. The van der Waals surface area contributed by atoms with Gasteiger partial charge in [-0.1, -0.05) is 0 Å². The van der Waals surface area contributed by atoms with Gasteiger partial charge in [-0.05, 0) is 65.2 Å². The molecule has 6 rings (SSSR count). The summed E-state index contributed by atoms with van der Waals surface area (Å²) in [4.78, 5) is 42.9. The smallest absolute Gasteiger partial charge is 0.410 e. The van der Waals surface area contributed by atoms with Gasteiger partial charge in [0.05, 0.1) is 23.5 Å². The quantitative estimate of drug-likeness (QED) is 0.397. The lowest BCUT2D eigenvalue weighted by molar-refractivity contribution is -0.00969. The first-order chi connectivity index (χ1) is 18.1. The van der Waals surface area contributed by atoms with E-state index in [0.29, 0.717) is 30.0 Å². The van der Waals surface area contributed by atoms with Crippen LogP contribution >= 0.6 is 0 Å². The topological polar surface area (TPSA) is 97.3 Å². The molecule has 2 fully saturated rings. The van der Waals surface area contributed by atoms with Crippen LogP contribution in [0.1, 0.15) is 45.7 Å². The van der Waals surface area contributed by atoms with E-state index in [1.54, 1.807) is 36.0 Å². The number of nitrogens with zero attached hydrogens (tertiary/aromatic N) is 7. The normalized spacial score (nSPS) is 19.8. The molecule has 0 radical (unpaired) electrons. The first-order valence-electron chi connectivity index (χ1n) is 12.9. The van der Waals surface area contributed by atoms with Crippen molar-refractivity contribution < 1.29 is 13.9 Å². The maximum atomic E-state index is 14.6. The zero-order valence-corrected chi connectivity index (χ0v) is 21.9. The molecular weight excluding hydrogens is 489 g/mol. The summed E-state index contributed by atoms with van der Waals surface area (Å²) in [7, 11) is 0. The van der Waals surface area contributed by atoms with Crippen molar-refractivity contribution in [1.29, 1.82) is 0 Å². The number of imidazole rings is 1. The van der Waals surface area contributed by atoms with E-state index >= 15 is 0 Å². The van der Waals surface area contributed by atoms with Crippen molar-refractivity contribution in [3.8, 4) is 11.4 Å². The molecule has 0 spiro atoms. The number of rotatable bonds is 2. The van der Waals surface area contributed by atoms with Gasteiger partial charge in [0.25, 0.3) is 0 Å². The highest BCUT2D eigenvalue weighted by Crippen LogP contribution is 2.32. The van der Waals surface area contributed by atoms with Crippen LogP contribution in [-0.4, -0.2) is 65.5 Å². The Labute approximate surface area is 218 Å². The van der Waals surface area contributed by atoms with Gasteiger partial charge in [-0.2, -0.15) is 4.98 Å². The Balaban J connectivity index is 1.29. The summed E-state index contributed by atoms with van der Waals surface area (Å²) in [6, 6.07) is 5.08. The number of ether oxygens (including phenoxy) is 1. The van der Waals surface area contributed by atoms with Gasteiger partial charge in [0.15, 0.2) is 17.3 Å². The van der Waals surface area contributed by atoms with Crippen LogP contribution in [0.4, 0.5) is 14.9 Å². The molecule has 2 bridgehead atoms. The van der Waals surface area contributed by atoms with Crippen molar-refractivity contribution in [2.24, 2.45) is 0 Å². The molecule has 38 heavy (non-hydrogen) atoms. The molecule has 11 heteroatoms. The van der Waals surface area contributed by atoms with E-state index < -0.39 is 17.1 Å². The number of anilines is 1. The SMILES string of the molecule is Cc1cn2cc(-c3nc(=O)n4cc(N5CC6CCCC(C5)N6C(=O)OC(C)(C)C)ccc4n3)cc(F)c2n1. The van der Waals surface area contributed by atoms with E-state index in [-0.39, 0.29) is 29.6 Å². The summed E-state index contributed by atoms with van der Waals surface area (Å²) in [5, 5.41) is 0. The molecule has 1 amide bonds. The van der Waals surface area contributed by atoms with E-state index in [1.807, 2.05) is 31.7 Å². The number of carbonyl (C=O) groups excluding carboxylic acids is 1. The van der Waals surface area contributed by atoms with Gasteiger partial charge in [-0.3, -0.25) is 4.90 Å².